The van der Waals surface area contributed by atoms with Crippen LogP contribution in [0.4, 0.5) is 13.2 Å². The molecule has 0 aliphatic carbocycles. The molecule has 94 valence electrons. The van der Waals surface area contributed by atoms with Crippen molar-refractivity contribution in [3.05, 3.63) is 0 Å². The summed E-state index contributed by atoms with van der Waals surface area (Å²) >= 11 is 0. The first-order valence-corrected chi connectivity index (χ1v) is 5.58. The molecule has 0 saturated carbocycles. The Labute approximate surface area is 92.9 Å². The lowest BCUT2D eigenvalue weighted by molar-refractivity contribution is -0.200. The minimum absolute atomic E-state index is 0.162. The van der Waals surface area contributed by atoms with Crippen LogP contribution in [0.3, 0.4) is 0 Å². The first kappa shape index (κ1) is 12.1. The fraction of sp³-hybridized carbons (Fsp3) is 1.00. The van der Waals surface area contributed by atoms with E-state index in [0.717, 1.165) is 0 Å². The molecule has 2 saturated heterocycles. The molecule has 6 heteroatoms. The molecule has 2 rings (SSSR count). The van der Waals surface area contributed by atoms with Gasteiger partial charge in [-0.3, -0.25) is 4.90 Å². The van der Waals surface area contributed by atoms with Crippen molar-refractivity contribution in [1.29, 1.82) is 0 Å². The molecule has 2 heterocycles. The maximum Gasteiger partial charge on any atom is 0.404 e. The van der Waals surface area contributed by atoms with E-state index in [9.17, 15) is 13.2 Å². The van der Waals surface area contributed by atoms with Gasteiger partial charge < -0.3 is 10.1 Å². The Morgan fingerprint density at radius 1 is 1.38 bits per heavy atom. The van der Waals surface area contributed by atoms with Gasteiger partial charge in [0.05, 0.1) is 6.61 Å². The first-order chi connectivity index (χ1) is 7.50. The third-order valence-electron chi connectivity index (χ3n) is 3.50. The number of fused-ring (bicyclic) bond motifs is 1. The summed E-state index contributed by atoms with van der Waals surface area (Å²) in [6.45, 7) is 1.85. The number of nitrogens with one attached hydrogen (secondary N) is 1. The highest BCUT2D eigenvalue weighted by atomic mass is 19.4. The number of likely N-dealkylation sites (N-methyl/N-ethyl adjacent to an activating group) is 1. The molecule has 0 bridgehead atoms. The van der Waals surface area contributed by atoms with E-state index in [0.29, 0.717) is 32.7 Å². The van der Waals surface area contributed by atoms with Gasteiger partial charge in [-0.1, -0.05) is 0 Å². The molecule has 2 aliphatic heterocycles. The number of halogens is 3. The van der Waals surface area contributed by atoms with Crippen molar-refractivity contribution in [2.45, 2.75) is 24.7 Å². The number of nitrogens with zero attached hydrogens (tertiary/aromatic N) is 1. The number of hydrogen-bond donors (Lipinski definition) is 1. The van der Waals surface area contributed by atoms with Gasteiger partial charge in [-0.25, -0.2) is 0 Å². The van der Waals surface area contributed by atoms with Crippen molar-refractivity contribution in [2.24, 2.45) is 5.92 Å². The summed E-state index contributed by atoms with van der Waals surface area (Å²) in [6.07, 6.45) is -3.67. The van der Waals surface area contributed by atoms with E-state index in [1.807, 2.05) is 0 Å². The van der Waals surface area contributed by atoms with E-state index in [-0.39, 0.29) is 12.0 Å². The minimum Gasteiger partial charge on any atom is -0.380 e. The summed E-state index contributed by atoms with van der Waals surface area (Å²) in [5.74, 6) is -0.388. The highest BCUT2D eigenvalue weighted by Crippen LogP contribution is 2.35. The molecule has 1 unspecified atom stereocenters. The Hall–Kier alpha value is -0.330. The summed E-state index contributed by atoms with van der Waals surface area (Å²) in [4.78, 5) is 1.42. The quantitative estimate of drug-likeness (QED) is 0.677. The molecule has 0 aromatic heterocycles. The van der Waals surface area contributed by atoms with E-state index < -0.39 is 12.2 Å². The van der Waals surface area contributed by atoms with Crippen LogP contribution in [0.15, 0.2) is 0 Å². The zero-order valence-corrected chi connectivity index (χ0v) is 9.26. The van der Waals surface area contributed by atoms with Crippen LogP contribution in [0.5, 0.6) is 0 Å². The lowest BCUT2D eigenvalue weighted by Gasteiger charge is -2.39. The number of hydrogen-bond acceptors (Lipinski definition) is 3. The first-order valence-electron chi connectivity index (χ1n) is 5.58. The van der Waals surface area contributed by atoms with Crippen molar-refractivity contribution < 1.29 is 17.9 Å². The second-order valence-corrected chi connectivity index (χ2v) is 4.56. The second-order valence-electron chi connectivity index (χ2n) is 4.56. The molecule has 2 fully saturated rings. The topological polar surface area (TPSA) is 24.5 Å². The van der Waals surface area contributed by atoms with Gasteiger partial charge in [0, 0.05) is 31.7 Å². The van der Waals surface area contributed by atoms with Crippen LogP contribution >= 0.6 is 0 Å². The molecule has 2 aliphatic rings. The van der Waals surface area contributed by atoms with Crippen molar-refractivity contribution >= 4 is 0 Å². The van der Waals surface area contributed by atoms with E-state index in [1.54, 1.807) is 7.05 Å². The lowest BCUT2D eigenvalue weighted by atomic mass is 9.87. The van der Waals surface area contributed by atoms with E-state index >= 15 is 0 Å². The van der Waals surface area contributed by atoms with Gasteiger partial charge in [-0.05, 0) is 13.5 Å². The maximum atomic E-state index is 13.0. The SMILES string of the molecule is CN1CCNC2COCC[C@H]2[C@@H]1C(F)(F)F. The summed E-state index contributed by atoms with van der Waals surface area (Å²) in [5.41, 5.74) is 0. The molecule has 0 aromatic rings. The van der Waals surface area contributed by atoms with Gasteiger partial charge in [-0.15, -0.1) is 0 Å². The van der Waals surface area contributed by atoms with E-state index in [2.05, 4.69) is 5.32 Å². The van der Waals surface area contributed by atoms with Gasteiger partial charge in [0.1, 0.15) is 6.04 Å². The van der Waals surface area contributed by atoms with Crippen LogP contribution in [-0.2, 0) is 4.74 Å². The van der Waals surface area contributed by atoms with Gasteiger partial charge in [0.2, 0.25) is 0 Å². The molecule has 0 radical (unpaired) electrons. The van der Waals surface area contributed by atoms with E-state index in [4.69, 9.17) is 4.74 Å². The maximum absolute atomic E-state index is 13.0. The van der Waals surface area contributed by atoms with Crippen LogP contribution in [-0.4, -0.2) is 56.5 Å². The summed E-state index contributed by atoms with van der Waals surface area (Å²) in [6, 6.07) is -1.50. The number of ether oxygens (including phenoxy) is 1. The van der Waals surface area contributed by atoms with Crippen molar-refractivity contribution in [3.63, 3.8) is 0 Å². The zero-order valence-electron chi connectivity index (χ0n) is 9.26. The Morgan fingerprint density at radius 3 is 2.81 bits per heavy atom. The molecule has 0 aromatic carbocycles. The molecule has 0 amide bonds. The number of rotatable bonds is 0. The van der Waals surface area contributed by atoms with Gasteiger partial charge >= 0.3 is 6.18 Å². The highest BCUT2D eigenvalue weighted by Gasteiger charge is 2.50. The fourth-order valence-corrected chi connectivity index (χ4v) is 2.73. The molecule has 1 N–H and O–H groups in total. The molecule has 16 heavy (non-hydrogen) atoms. The molecular weight excluding hydrogens is 221 g/mol. The smallest absolute Gasteiger partial charge is 0.380 e. The van der Waals surface area contributed by atoms with Crippen LogP contribution in [0.25, 0.3) is 0 Å². The average molecular weight is 238 g/mol. The normalized spacial score (nSPS) is 37.9. The Kier molecular flexibility index (Phi) is 3.42. The third kappa shape index (κ3) is 2.33. The van der Waals surface area contributed by atoms with E-state index in [1.165, 1.54) is 4.90 Å². The Morgan fingerprint density at radius 2 is 2.12 bits per heavy atom. The largest absolute Gasteiger partial charge is 0.404 e. The number of alkyl halides is 3. The Bertz CT molecular complexity index is 247. The van der Waals surface area contributed by atoms with Crippen molar-refractivity contribution in [3.8, 4) is 0 Å². The standard InChI is InChI=1S/C10H17F3N2O/c1-15-4-3-14-8-6-16-5-2-7(8)9(15)10(11,12)13/h7-9,14H,2-6H2,1H3/t7-,8?,9-/m1/s1. The van der Waals surface area contributed by atoms with Crippen molar-refractivity contribution in [1.82, 2.24) is 10.2 Å². The predicted octanol–water partition coefficient (Wildman–Crippen LogP) is 0.857. The molecule has 3 nitrogen and oxygen atoms in total. The van der Waals surface area contributed by atoms with Crippen LogP contribution in [0, 0.1) is 5.92 Å². The summed E-state index contributed by atoms with van der Waals surface area (Å²) in [5, 5.41) is 3.15. The average Bonchev–Trinajstić information content (AvgIpc) is 2.34. The second kappa shape index (κ2) is 4.50. The zero-order chi connectivity index (χ0) is 11.8. The van der Waals surface area contributed by atoms with Gasteiger partial charge in [0.25, 0.3) is 0 Å². The van der Waals surface area contributed by atoms with Crippen molar-refractivity contribution in [2.75, 3.05) is 33.4 Å². The Balaban J connectivity index is 2.21. The third-order valence-corrected chi connectivity index (χ3v) is 3.50. The molecule has 3 atom stereocenters. The molecule has 0 spiro atoms. The van der Waals surface area contributed by atoms with Gasteiger partial charge in [-0.2, -0.15) is 13.2 Å². The fourth-order valence-electron chi connectivity index (χ4n) is 2.73. The minimum atomic E-state index is -4.15. The monoisotopic (exact) mass is 238 g/mol. The lowest BCUT2D eigenvalue weighted by Crippen LogP contribution is -2.54. The van der Waals surface area contributed by atoms with Gasteiger partial charge in [0.15, 0.2) is 0 Å². The van der Waals surface area contributed by atoms with Crippen LogP contribution in [0.2, 0.25) is 0 Å². The van der Waals surface area contributed by atoms with Crippen LogP contribution in [0.1, 0.15) is 6.42 Å². The predicted molar refractivity (Wildman–Crippen MR) is 53.2 cm³/mol. The summed E-state index contributed by atoms with van der Waals surface area (Å²) < 4.78 is 44.3. The highest BCUT2D eigenvalue weighted by molar-refractivity contribution is 4.95. The summed E-state index contributed by atoms with van der Waals surface area (Å²) in [7, 11) is 1.55. The molecular formula is C10H17F3N2O. The van der Waals surface area contributed by atoms with Crippen LogP contribution < -0.4 is 5.32 Å².